The second-order valence-corrected chi connectivity index (χ2v) is 4.52. The van der Waals surface area contributed by atoms with Gasteiger partial charge in [0.1, 0.15) is 6.10 Å². The number of ketones is 1. The summed E-state index contributed by atoms with van der Waals surface area (Å²) in [6, 6.07) is 4.63. The van der Waals surface area contributed by atoms with E-state index < -0.39 is 12.2 Å². The Hall–Kier alpha value is -0.420. The minimum atomic E-state index is -1.03. The number of halogens is 2. The normalized spacial score (nSPS) is 14.6. The Labute approximate surface area is 107 Å². The molecule has 2 unspecified atom stereocenters. The number of aliphatic hydroxyl groups excluding tert-OH is 2. The maximum absolute atomic E-state index is 11.2. The third-order valence-corrected chi connectivity index (χ3v) is 3.23. The zero-order chi connectivity index (χ0) is 12.3. The predicted molar refractivity (Wildman–Crippen MR) is 66.2 cm³/mol. The average molecular weight is 308 g/mol. The number of hydrogen-bond donors (Lipinski definition) is 2. The molecule has 0 amide bonds. The minimum Gasteiger partial charge on any atom is -0.389 e. The molecule has 0 heterocycles. The summed E-state index contributed by atoms with van der Waals surface area (Å²) in [7, 11) is 0. The summed E-state index contributed by atoms with van der Waals surface area (Å²) in [6.07, 6.45) is -1.95. The van der Waals surface area contributed by atoms with Gasteiger partial charge in [0.25, 0.3) is 0 Å². The Kier molecular flexibility index (Phi) is 4.92. The van der Waals surface area contributed by atoms with Crippen LogP contribution in [0.3, 0.4) is 0 Å². The van der Waals surface area contributed by atoms with E-state index in [1.54, 1.807) is 6.07 Å². The SMILES string of the molecule is CC(=O)c1cc(C(O)C(O)CBr)ccc1Cl. The maximum Gasteiger partial charge on any atom is 0.161 e. The summed E-state index contributed by atoms with van der Waals surface area (Å²) in [5.41, 5.74) is 0.821. The van der Waals surface area contributed by atoms with Gasteiger partial charge in [0, 0.05) is 10.9 Å². The lowest BCUT2D eigenvalue weighted by molar-refractivity contribution is 0.0342. The lowest BCUT2D eigenvalue weighted by Gasteiger charge is -2.16. The zero-order valence-electron chi connectivity index (χ0n) is 8.65. The number of rotatable bonds is 4. The molecule has 1 aromatic carbocycles. The lowest BCUT2D eigenvalue weighted by atomic mass is 10.0. The van der Waals surface area contributed by atoms with Crippen LogP contribution in [-0.2, 0) is 0 Å². The summed E-state index contributed by atoms with van der Waals surface area (Å²) < 4.78 is 0. The van der Waals surface area contributed by atoms with Crippen molar-refractivity contribution < 1.29 is 15.0 Å². The van der Waals surface area contributed by atoms with E-state index in [0.29, 0.717) is 16.1 Å². The molecule has 1 rings (SSSR count). The molecule has 3 nitrogen and oxygen atoms in total. The molecule has 0 aromatic heterocycles. The highest BCUT2D eigenvalue weighted by atomic mass is 79.9. The van der Waals surface area contributed by atoms with Crippen molar-refractivity contribution in [3.8, 4) is 0 Å². The molecule has 0 aliphatic carbocycles. The summed E-state index contributed by atoms with van der Waals surface area (Å²) in [4.78, 5) is 11.2. The first-order chi connectivity index (χ1) is 7.47. The molecular weight excluding hydrogens is 295 g/mol. The van der Waals surface area contributed by atoms with E-state index in [0.717, 1.165) is 0 Å². The molecule has 0 radical (unpaired) electrons. The molecule has 0 saturated heterocycles. The average Bonchev–Trinajstić information content (AvgIpc) is 2.27. The van der Waals surface area contributed by atoms with Gasteiger partial charge < -0.3 is 10.2 Å². The highest BCUT2D eigenvalue weighted by Gasteiger charge is 2.18. The van der Waals surface area contributed by atoms with Crippen LogP contribution >= 0.6 is 27.5 Å². The van der Waals surface area contributed by atoms with Crippen LogP contribution in [0.4, 0.5) is 0 Å². The Balaban J connectivity index is 3.07. The number of Topliss-reactive ketones (excluding diaryl/α,β-unsaturated/α-hetero) is 1. The van der Waals surface area contributed by atoms with E-state index in [-0.39, 0.29) is 11.1 Å². The molecule has 5 heteroatoms. The van der Waals surface area contributed by atoms with Gasteiger partial charge >= 0.3 is 0 Å². The minimum absolute atomic E-state index is 0.174. The highest BCUT2D eigenvalue weighted by Crippen LogP contribution is 2.24. The Morgan fingerprint density at radius 2 is 2.12 bits per heavy atom. The van der Waals surface area contributed by atoms with Gasteiger partial charge in [-0.2, -0.15) is 0 Å². The van der Waals surface area contributed by atoms with Crippen molar-refractivity contribution in [2.75, 3.05) is 5.33 Å². The van der Waals surface area contributed by atoms with Crippen LogP contribution < -0.4 is 0 Å². The molecule has 0 fully saturated rings. The largest absolute Gasteiger partial charge is 0.389 e. The van der Waals surface area contributed by atoms with Crippen LogP contribution in [-0.4, -0.2) is 27.4 Å². The van der Waals surface area contributed by atoms with E-state index in [4.69, 9.17) is 11.6 Å². The van der Waals surface area contributed by atoms with Crippen LogP contribution in [0.2, 0.25) is 5.02 Å². The molecule has 0 aliphatic heterocycles. The van der Waals surface area contributed by atoms with Crippen LogP contribution in [0.5, 0.6) is 0 Å². The Morgan fingerprint density at radius 1 is 1.50 bits per heavy atom. The zero-order valence-corrected chi connectivity index (χ0v) is 11.0. The monoisotopic (exact) mass is 306 g/mol. The summed E-state index contributed by atoms with van der Waals surface area (Å²) in [6.45, 7) is 1.40. The molecule has 16 heavy (non-hydrogen) atoms. The number of alkyl halides is 1. The van der Waals surface area contributed by atoms with Crippen LogP contribution in [0.1, 0.15) is 28.9 Å². The van der Waals surface area contributed by atoms with E-state index in [9.17, 15) is 15.0 Å². The summed E-state index contributed by atoms with van der Waals surface area (Å²) in [5.74, 6) is -0.174. The summed E-state index contributed by atoms with van der Waals surface area (Å²) >= 11 is 8.91. The first kappa shape index (κ1) is 13.6. The lowest BCUT2D eigenvalue weighted by Crippen LogP contribution is -2.19. The smallest absolute Gasteiger partial charge is 0.161 e. The van der Waals surface area contributed by atoms with Crippen molar-refractivity contribution in [2.45, 2.75) is 19.1 Å². The second-order valence-electron chi connectivity index (χ2n) is 3.46. The van der Waals surface area contributed by atoms with Gasteiger partial charge in [0.2, 0.25) is 0 Å². The maximum atomic E-state index is 11.2. The van der Waals surface area contributed by atoms with E-state index in [2.05, 4.69) is 15.9 Å². The fraction of sp³-hybridized carbons (Fsp3) is 0.364. The number of carbonyl (C=O) groups excluding carboxylic acids is 1. The van der Waals surface area contributed by atoms with E-state index in [1.807, 2.05) is 0 Å². The summed E-state index contributed by atoms with van der Waals surface area (Å²) in [5, 5.41) is 19.8. The van der Waals surface area contributed by atoms with Gasteiger partial charge in [-0.05, 0) is 24.6 Å². The molecule has 0 aliphatic rings. The number of aliphatic hydroxyl groups is 2. The molecule has 2 atom stereocenters. The van der Waals surface area contributed by atoms with E-state index in [1.165, 1.54) is 19.1 Å². The quantitative estimate of drug-likeness (QED) is 0.663. The number of carbonyl (C=O) groups is 1. The van der Waals surface area contributed by atoms with Crippen molar-refractivity contribution in [1.29, 1.82) is 0 Å². The third kappa shape index (κ3) is 3.04. The standard InChI is InChI=1S/C11H12BrClO3/c1-6(14)8-4-7(2-3-9(8)13)11(16)10(15)5-12/h2-4,10-11,15-16H,5H2,1H3. The van der Waals surface area contributed by atoms with Gasteiger partial charge in [-0.15, -0.1) is 0 Å². The van der Waals surface area contributed by atoms with Crippen LogP contribution in [0.25, 0.3) is 0 Å². The molecular formula is C11H12BrClO3. The fourth-order valence-corrected chi connectivity index (χ4v) is 1.91. The van der Waals surface area contributed by atoms with Gasteiger partial charge in [-0.3, -0.25) is 4.79 Å². The van der Waals surface area contributed by atoms with Crippen molar-refractivity contribution in [3.05, 3.63) is 34.3 Å². The van der Waals surface area contributed by atoms with Gasteiger partial charge in [-0.25, -0.2) is 0 Å². The van der Waals surface area contributed by atoms with Crippen molar-refractivity contribution >= 4 is 33.3 Å². The molecule has 1 aromatic rings. The first-order valence-corrected chi connectivity index (χ1v) is 6.19. The fourth-order valence-electron chi connectivity index (χ4n) is 1.30. The van der Waals surface area contributed by atoms with Crippen molar-refractivity contribution in [2.24, 2.45) is 0 Å². The second kappa shape index (κ2) is 5.77. The molecule has 88 valence electrons. The number of benzene rings is 1. The van der Waals surface area contributed by atoms with Crippen molar-refractivity contribution in [1.82, 2.24) is 0 Å². The van der Waals surface area contributed by atoms with Crippen LogP contribution in [0.15, 0.2) is 18.2 Å². The Morgan fingerprint density at radius 3 is 2.62 bits per heavy atom. The molecule has 2 N–H and O–H groups in total. The predicted octanol–water partition coefficient (Wildman–Crippen LogP) is 2.33. The number of hydrogen-bond acceptors (Lipinski definition) is 3. The van der Waals surface area contributed by atoms with E-state index >= 15 is 0 Å². The highest BCUT2D eigenvalue weighted by molar-refractivity contribution is 9.09. The molecule has 0 bridgehead atoms. The Bertz CT molecular complexity index is 395. The topological polar surface area (TPSA) is 57.5 Å². The first-order valence-electron chi connectivity index (χ1n) is 4.70. The van der Waals surface area contributed by atoms with Gasteiger partial charge in [-0.1, -0.05) is 33.6 Å². The third-order valence-electron chi connectivity index (χ3n) is 2.23. The van der Waals surface area contributed by atoms with Gasteiger partial charge in [0.15, 0.2) is 5.78 Å². The van der Waals surface area contributed by atoms with Gasteiger partial charge in [0.05, 0.1) is 11.1 Å². The molecule has 0 saturated carbocycles. The van der Waals surface area contributed by atoms with Crippen molar-refractivity contribution in [3.63, 3.8) is 0 Å². The molecule has 0 spiro atoms. The van der Waals surface area contributed by atoms with Crippen LogP contribution in [0, 0.1) is 0 Å².